The molecule has 1 aromatic rings. The van der Waals surface area contributed by atoms with Gasteiger partial charge < -0.3 is 16.0 Å². The predicted molar refractivity (Wildman–Crippen MR) is 77.2 cm³/mol. The standard InChI is InChI=1S/C15H23N3O/c1-11-5-6-12(2)13(8-11)9-17-15(19)18-10-14-4-3-7-16-14/h5-6,8,14,16H,3-4,7,9-10H2,1-2H3,(H2,17,18,19)/t14-/m0/s1. The molecule has 4 heteroatoms. The third kappa shape index (κ3) is 4.24. The lowest BCUT2D eigenvalue weighted by atomic mass is 10.1. The highest BCUT2D eigenvalue weighted by Crippen LogP contribution is 2.10. The summed E-state index contributed by atoms with van der Waals surface area (Å²) < 4.78 is 0. The van der Waals surface area contributed by atoms with E-state index in [-0.39, 0.29) is 6.03 Å². The zero-order chi connectivity index (χ0) is 13.7. The largest absolute Gasteiger partial charge is 0.337 e. The fourth-order valence-electron chi connectivity index (χ4n) is 2.38. The average molecular weight is 261 g/mol. The number of rotatable bonds is 4. The number of hydrogen-bond donors (Lipinski definition) is 3. The minimum Gasteiger partial charge on any atom is -0.337 e. The lowest BCUT2D eigenvalue weighted by molar-refractivity contribution is 0.239. The van der Waals surface area contributed by atoms with E-state index in [9.17, 15) is 4.79 Å². The van der Waals surface area contributed by atoms with E-state index in [4.69, 9.17) is 0 Å². The van der Waals surface area contributed by atoms with Crippen molar-refractivity contribution in [3.63, 3.8) is 0 Å². The molecule has 1 aliphatic heterocycles. The molecule has 1 fully saturated rings. The maximum atomic E-state index is 11.7. The van der Waals surface area contributed by atoms with Crippen LogP contribution in [-0.2, 0) is 6.54 Å². The van der Waals surface area contributed by atoms with E-state index in [2.05, 4.69) is 48.0 Å². The second kappa shape index (κ2) is 6.57. The zero-order valence-electron chi connectivity index (χ0n) is 11.8. The van der Waals surface area contributed by atoms with Crippen molar-refractivity contribution in [2.75, 3.05) is 13.1 Å². The van der Waals surface area contributed by atoms with Crippen molar-refractivity contribution in [3.8, 4) is 0 Å². The van der Waals surface area contributed by atoms with Gasteiger partial charge in [-0.15, -0.1) is 0 Å². The molecule has 0 spiro atoms. The van der Waals surface area contributed by atoms with E-state index >= 15 is 0 Å². The van der Waals surface area contributed by atoms with Crippen molar-refractivity contribution in [2.45, 2.75) is 39.3 Å². The molecule has 1 saturated heterocycles. The molecule has 2 amide bonds. The number of carbonyl (C=O) groups is 1. The summed E-state index contributed by atoms with van der Waals surface area (Å²) in [6, 6.07) is 6.65. The molecule has 0 bridgehead atoms. The predicted octanol–water partition coefficient (Wildman–Crippen LogP) is 1.85. The molecule has 3 N–H and O–H groups in total. The van der Waals surface area contributed by atoms with Crippen LogP contribution in [0.2, 0.25) is 0 Å². The van der Waals surface area contributed by atoms with Crippen LogP contribution in [-0.4, -0.2) is 25.2 Å². The highest BCUT2D eigenvalue weighted by atomic mass is 16.2. The fourth-order valence-corrected chi connectivity index (χ4v) is 2.38. The first-order chi connectivity index (χ1) is 9.15. The summed E-state index contributed by atoms with van der Waals surface area (Å²) in [5, 5.41) is 9.19. The van der Waals surface area contributed by atoms with Gasteiger partial charge in [-0.25, -0.2) is 4.79 Å². The minimum atomic E-state index is -0.0883. The Balaban J connectivity index is 1.74. The summed E-state index contributed by atoms with van der Waals surface area (Å²) in [6.07, 6.45) is 2.35. The normalized spacial score (nSPS) is 18.3. The first kappa shape index (κ1) is 13.9. The SMILES string of the molecule is Cc1ccc(C)c(CNC(=O)NC[C@@H]2CCCN2)c1. The maximum absolute atomic E-state index is 11.7. The number of urea groups is 1. The molecule has 0 radical (unpaired) electrons. The summed E-state index contributed by atoms with van der Waals surface area (Å²) in [7, 11) is 0. The summed E-state index contributed by atoms with van der Waals surface area (Å²) in [4.78, 5) is 11.7. The number of amides is 2. The number of carbonyl (C=O) groups excluding carboxylic acids is 1. The van der Waals surface area contributed by atoms with Crippen molar-refractivity contribution in [1.29, 1.82) is 0 Å². The van der Waals surface area contributed by atoms with Gasteiger partial charge in [-0.2, -0.15) is 0 Å². The van der Waals surface area contributed by atoms with E-state index in [0.29, 0.717) is 19.1 Å². The number of hydrogen-bond acceptors (Lipinski definition) is 2. The molecule has 0 aromatic heterocycles. The Kier molecular flexibility index (Phi) is 4.80. The van der Waals surface area contributed by atoms with Gasteiger partial charge in [-0.1, -0.05) is 23.8 Å². The Morgan fingerprint density at radius 2 is 2.21 bits per heavy atom. The van der Waals surface area contributed by atoms with E-state index < -0.39 is 0 Å². The van der Waals surface area contributed by atoms with Crippen LogP contribution >= 0.6 is 0 Å². The first-order valence-electron chi connectivity index (χ1n) is 6.96. The minimum absolute atomic E-state index is 0.0883. The second-order valence-electron chi connectivity index (χ2n) is 5.29. The molecule has 1 aliphatic rings. The molecule has 19 heavy (non-hydrogen) atoms. The van der Waals surface area contributed by atoms with Crippen LogP contribution in [0.5, 0.6) is 0 Å². The molecule has 0 unspecified atom stereocenters. The second-order valence-corrected chi connectivity index (χ2v) is 5.29. The van der Waals surface area contributed by atoms with Gasteiger partial charge in [0.2, 0.25) is 0 Å². The topological polar surface area (TPSA) is 53.2 Å². The lowest BCUT2D eigenvalue weighted by Crippen LogP contribution is -2.42. The van der Waals surface area contributed by atoms with E-state index in [0.717, 1.165) is 13.0 Å². The molecule has 2 rings (SSSR count). The highest BCUT2D eigenvalue weighted by molar-refractivity contribution is 5.73. The molecule has 1 aromatic carbocycles. The Hall–Kier alpha value is -1.55. The van der Waals surface area contributed by atoms with E-state index in [1.54, 1.807) is 0 Å². The number of nitrogens with one attached hydrogen (secondary N) is 3. The third-order valence-electron chi connectivity index (χ3n) is 3.62. The van der Waals surface area contributed by atoms with Gasteiger partial charge in [0.25, 0.3) is 0 Å². The molecule has 4 nitrogen and oxygen atoms in total. The van der Waals surface area contributed by atoms with Crippen LogP contribution in [0.4, 0.5) is 4.79 Å². The van der Waals surface area contributed by atoms with Crippen molar-refractivity contribution in [1.82, 2.24) is 16.0 Å². The summed E-state index contributed by atoms with van der Waals surface area (Å²) in [5.74, 6) is 0. The van der Waals surface area contributed by atoms with Gasteiger partial charge in [-0.3, -0.25) is 0 Å². The van der Waals surface area contributed by atoms with Crippen molar-refractivity contribution in [3.05, 3.63) is 34.9 Å². The van der Waals surface area contributed by atoms with Gasteiger partial charge in [0, 0.05) is 19.1 Å². The highest BCUT2D eigenvalue weighted by Gasteiger charge is 2.14. The lowest BCUT2D eigenvalue weighted by Gasteiger charge is -2.13. The number of benzene rings is 1. The zero-order valence-corrected chi connectivity index (χ0v) is 11.8. The van der Waals surface area contributed by atoms with Gasteiger partial charge in [0.1, 0.15) is 0 Å². The van der Waals surface area contributed by atoms with Crippen LogP contribution in [0.1, 0.15) is 29.5 Å². The van der Waals surface area contributed by atoms with Gasteiger partial charge >= 0.3 is 6.03 Å². The molecular formula is C15H23N3O. The summed E-state index contributed by atoms with van der Waals surface area (Å²) in [5.41, 5.74) is 3.61. The van der Waals surface area contributed by atoms with Crippen LogP contribution < -0.4 is 16.0 Å². The molecule has 0 saturated carbocycles. The molecule has 1 heterocycles. The molecule has 104 valence electrons. The number of aryl methyl sites for hydroxylation is 2. The monoisotopic (exact) mass is 261 g/mol. The Morgan fingerprint density at radius 3 is 2.95 bits per heavy atom. The van der Waals surface area contributed by atoms with E-state index in [1.807, 2.05) is 0 Å². The van der Waals surface area contributed by atoms with Crippen LogP contribution in [0.3, 0.4) is 0 Å². The van der Waals surface area contributed by atoms with Gasteiger partial charge in [0.05, 0.1) is 0 Å². The summed E-state index contributed by atoms with van der Waals surface area (Å²) in [6.45, 7) is 6.48. The van der Waals surface area contributed by atoms with Crippen LogP contribution in [0, 0.1) is 13.8 Å². The average Bonchev–Trinajstić information content (AvgIpc) is 2.90. The quantitative estimate of drug-likeness (QED) is 0.775. The van der Waals surface area contributed by atoms with Crippen molar-refractivity contribution < 1.29 is 4.79 Å². The Labute approximate surface area is 115 Å². The van der Waals surface area contributed by atoms with Crippen molar-refractivity contribution >= 4 is 6.03 Å². The summed E-state index contributed by atoms with van der Waals surface area (Å²) >= 11 is 0. The van der Waals surface area contributed by atoms with E-state index in [1.165, 1.54) is 23.1 Å². The van der Waals surface area contributed by atoms with Gasteiger partial charge in [0.15, 0.2) is 0 Å². The molecular weight excluding hydrogens is 238 g/mol. The van der Waals surface area contributed by atoms with Crippen LogP contribution in [0.15, 0.2) is 18.2 Å². The Bertz CT molecular complexity index is 439. The molecule has 0 aliphatic carbocycles. The maximum Gasteiger partial charge on any atom is 0.315 e. The Morgan fingerprint density at radius 1 is 1.37 bits per heavy atom. The van der Waals surface area contributed by atoms with Gasteiger partial charge in [-0.05, 0) is 44.4 Å². The van der Waals surface area contributed by atoms with Crippen molar-refractivity contribution in [2.24, 2.45) is 0 Å². The smallest absolute Gasteiger partial charge is 0.315 e. The molecule has 1 atom stereocenters. The van der Waals surface area contributed by atoms with Crippen LogP contribution in [0.25, 0.3) is 0 Å². The fraction of sp³-hybridized carbons (Fsp3) is 0.533. The first-order valence-corrected chi connectivity index (χ1v) is 6.96. The third-order valence-corrected chi connectivity index (χ3v) is 3.62.